The van der Waals surface area contributed by atoms with Gasteiger partial charge in [-0.3, -0.25) is 4.79 Å². The molecular formula is C22H34O2. The topological polar surface area (TPSA) is 37.3 Å². The van der Waals surface area contributed by atoms with Crippen molar-refractivity contribution >= 4 is 5.78 Å². The molecule has 7 atom stereocenters. The zero-order chi connectivity index (χ0) is 17.5. The molecule has 0 radical (unpaired) electrons. The summed E-state index contributed by atoms with van der Waals surface area (Å²) in [5, 5.41) is 11.0. The fourth-order valence-electron chi connectivity index (χ4n) is 7.54. The summed E-state index contributed by atoms with van der Waals surface area (Å²) in [5.74, 6) is 3.09. The van der Waals surface area contributed by atoms with Gasteiger partial charge in [-0.15, -0.1) is 0 Å². The lowest BCUT2D eigenvalue weighted by Gasteiger charge is -2.61. The number of carbonyl (C=O) groups is 1. The van der Waals surface area contributed by atoms with Crippen LogP contribution in [0.3, 0.4) is 0 Å². The first-order chi connectivity index (χ1) is 11.1. The molecule has 134 valence electrons. The number of Topliss-reactive ketones (excluding diaryl/α,β-unsaturated/α-hetero) is 1. The van der Waals surface area contributed by atoms with E-state index in [-0.39, 0.29) is 10.8 Å². The normalized spacial score (nSPS) is 54.3. The number of aliphatic hydroxyl groups is 1. The van der Waals surface area contributed by atoms with Crippen LogP contribution in [0.1, 0.15) is 79.6 Å². The Labute approximate surface area is 147 Å². The SMILES string of the molecule is CC1=C2CC(C)[C@@H]3[C@@H](CC[C@@]4(C)[C@H]3CCC4(C)O)[C@@]2(C)CCC1=O. The van der Waals surface area contributed by atoms with Crippen LogP contribution in [0.5, 0.6) is 0 Å². The molecule has 2 unspecified atom stereocenters. The zero-order valence-corrected chi connectivity index (χ0v) is 16.1. The molecule has 0 saturated heterocycles. The van der Waals surface area contributed by atoms with Gasteiger partial charge in [-0.2, -0.15) is 0 Å². The molecule has 0 aromatic heterocycles. The van der Waals surface area contributed by atoms with E-state index in [0.29, 0.717) is 29.5 Å². The lowest BCUT2D eigenvalue weighted by atomic mass is 9.44. The quantitative estimate of drug-likeness (QED) is 0.685. The minimum atomic E-state index is -0.502. The molecule has 24 heavy (non-hydrogen) atoms. The van der Waals surface area contributed by atoms with E-state index in [4.69, 9.17) is 0 Å². The van der Waals surface area contributed by atoms with Gasteiger partial charge >= 0.3 is 0 Å². The summed E-state index contributed by atoms with van der Waals surface area (Å²) in [6.07, 6.45) is 7.40. The van der Waals surface area contributed by atoms with Crippen LogP contribution in [0, 0.1) is 34.5 Å². The second-order valence-electron chi connectivity index (χ2n) is 10.2. The molecule has 0 spiro atoms. The number of rotatable bonds is 0. The van der Waals surface area contributed by atoms with E-state index in [9.17, 15) is 9.90 Å². The molecular weight excluding hydrogens is 296 g/mol. The van der Waals surface area contributed by atoms with E-state index in [0.717, 1.165) is 37.7 Å². The lowest BCUT2D eigenvalue weighted by Crippen LogP contribution is -2.56. The van der Waals surface area contributed by atoms with Crippen LogP contribution >= 0.6 is 0 Å². The van der Waals surface area contributed by atoms with Crippen molar-refractivity contribution in [2.24, 2.45) is 34.5 Å². The molecule has 4 aliphatic carbocycles. The van der Waals surface area contributed by atoms with Crippen LogP contribution in [-0.4, -0.2) is 16.5 Å². The molecule has 0 bridgehead atoms. The van der Waals surface area contributed by atoms with Gasteiger partial charge in [0.2, 0.25) is 0 Å². The van der Waals surface area contributed by atoms with Gasteiger partial charge < -0.3 is 5.11 Å². The van der Waals surface area contributed by atoms with E-state index in [1.807, 2.05) is 0 Å². The average molecular weight is 331 g/mol. The van der Waals surface area contributed by atoms with Crippen molar-refractivity contribution in [2.75, 3.05) is 0 Å². The van der Waals surface area contributed by atoms with Crippen LogP contribution < -0.4 is 0 Å². The van der Waals surface area contributed by atoms with Gasteiger partial charge in [-0.25, -0.2) is 0 Å². The highest BCUT2D eigenvalue weighted by atomic mass is 16.3. The van der Waals surface area contributed by atoms with E-state index < -0.39 is 5.60 Å². The Balaban J connectivity index is 1.77. The Morgan fingerprint density at radius 2 is 1.71 bits per heavy atom. The predicted octanol–water partition coefficient (Wildman–Crippen LogP) is 4.91. The Bertz CT molecular complexity index is 615. The third-order valence-corrected chi connectivity index (χ3v) is 9.33. The van der Waals surface area contributed by atoms with E-state index in [1.54, 1.807) is 0 Å². The second kappa shape index (κ2) is 4.96. The number of allylic oxidation sites excluding steroid dienone is 1. The molecule has 2 nitrogen and oxygen atoms in total. The summed E-state index contributed by atoms with van der Waals surface area (Å²) in [4.78, 5) is 12.3. The molecule has 0 aliphatic heterocycles. The third kappa shape index (κ3) is 1.90. The van der Waals surface area contributed by atoms with Crippen molar-refractivity contribution in [1.82, 2.24) is 0 Å². The highest BCUT2D eigenvalue weighted by Crippen LogP contribution is 2.68. The van der Waals surface area contributed by atoms with Crippen LogP contribution in [0.4, 0.5) is 0 Å². The number of fused-ring (bicyclic) bond motifs is 5. The molecule has 3 fully saturated rings. The second-order valence-corrected chi connectivity index (χ2v) is 10.2. The summed E-state index contributed by atoms with van der Waals surface area (Å²) in [7, 11) is 0. The maximum atomic E-state index is 12.3. The largest absolute Gasteiger partial charge is 0.390 e. The van der Waals surface area contributed by atoms with Crippen LogP contribution in [-0.2, 0) is 4.79 Å². The molecule has 0 aromatic rings. The molecule has 2 heteroatoms. The van der Waals surface area contributed by atoms with Crippen LogP contribution in [0.25, 0.3) is 0 Å². The molecule has 0 aromatic carbocycles. The predicted molar refractivity (Wildman–Crippen MR) is 96.5 cm³/mol. The summed E-state index contributed by atoms with van der Waals surface area (Å²) >= 11 is 0. The Kier molecular flexibility index (Phi) is 3.48. The molecule has 0 heterocycles. The number of hydrogen-bond acceptors (Lipinski definition) is 2. The third-order valence-electron chi connectivity index (χ3n) is 9.33. The first kappa shape index (κ1) is 16.8. The smallest absolute Gasteiger partial charge is 0.158 e. The molecule has 4 rings (SSSR count). The van der Waals surface area contributed by atoms with E-state index in [2.05, 4.69) is 34.6 Å². The summed E-state index contributed by atoms with van der Waals surface area (Å²) in [6.45, 7) is 11.4. The summed E-state index contributed by atoms with van der Waals surface area (Å²) in [6, 6.07) is 0. The number of ketones is 1. The van der Waals surface area contributed by atoms with Gasteiger partial charge in [-0.1, -0.05) is 26.3 Å². The van der Waals surface area contributed by atoms with Crippen LogP contribution in [0.15, 0.2) is 11.1 Å². The van der Waals surface area contributed by atoms with Crippen molar-refractivity contribution in [3.63, 3.8) is 0 Å². The van der Waals surface area contributed by atoms with Crippen molar-refractivity contribution in [3.05, 3.63) is 11.1 Å². The Hall–Kier alpha value is -0.630. The zero-order valence-electron chi connectivity index (χ0n) is 16.1. The first-order valence-corrected chi connectivity index (χ1v) is 10.1. The highest BCUT2D eigenvalue weighted by molar-refractivity contribution is 5.96. The first-order valence-electron chi connectivity index (χ1n) is 10.1. The van der Waals surface area contributed by atoms with Crippen LogP contribution in [0.2, 0.25) is 0 Å². The number of hydrogen-bond donors (Lipinski definition) is 1. The monoisotopic (exact) mass is 330 g/mol. The molecule has 1 N–H and O–H groups in total. The van der Waals surface area contributed by atoms with Gasteiger partial charge in [-0.05, 0) is 92.4 Å². The minimum Gasteiger partial charge on any atom is -0.390 e. The molecule has 0 amide bonds. The Morgan fingerprint density at radius 1 is 1.04 bits per heavy atom. The van der Waals surface area contributed by atoms with Gasteiger partial charge in [0.1, 0.15) is 0 Å². The van der Waals surface area contributed by atoms with Gasteiger partial charge in [0.25, 0.3) is 0 Å². The van der Waals surface area contributed by atoms with Gasteiger partial charge in [0.05, 0.1) is 5.60 Å². The van der Waals surface area contributed by atoms with Crippen molar-refractivity contribution < 1.29 is 9.90 Å². The fraction of sp³-hybridized carbons (Fsp3) is 0.864. The van der Waals surface area contributed by atoms with Gasteiger partial charge in [0.15, 0.2) is 5.78 Å². The van der Waals surface area contributed by atoms with E-state index >= 15 is 0 Å². The number of carbonyl (C=O) groups excluding carboxylic acids is 1. The van der Waals surface area contributed by atoms with Crippen molar-refractivity contribution in [2.45, 2.75) is 85.2 Å². The standard InChI is InChI=1S/C22H34O2/c1-13-12-17-14(2)18(23)8-9-20(17,3)15-6-10-21(4)16(19(13)15)7-11-22(21,5)24/h13,15-16,19,24H,6-12H2,1-5H3/t13?,15-,16+,19-,20-,21+,22?/m1/s1. The summed E-state index contributed by atoms with van der Waals surface area (Å²) in [5.41, 5.74) is 2.38. The van der Waals surface area contributed by atoms with Crippen molar-refractivity contribution in [3.8, 4) is 0 Å². The van der Waals surface area contributed by atoms with E-state index in [1.165, 1.54) is 18.4 Å². The Morgan fingerprint density at radius 3 is 2.42 bits per heavy atom. The van der Waals surface area contributed by atoms with Crippen molar-refractivity contribution in [1.29, 1.82) is 0 Å². The maximum absolute atomic E-state index is 12.3. The average Bonchev–Trinajstić information content (AvgIpc) is 2.76. The lowest BCUT2D eigenvalue weighted by molar-refractivity contribution is -0.133. The highest BCUT2D eigenvalue weighted by Gasteiger charge is 2.63. The summed E-state index contributed by atoms with van der Waals surface area (Å²) < 4.78 is 0. The molecule has 3 saturated carbocycles. The maximum Gasteiger partial charge on any atom is 0.158 e. The minimum absolute atomic E-state index is 0.0829. The fourth-order valence-corrected chi connectivity index (χ4v) is 7.54. The molecule has 4 aliphatic rings. The van der Waals surface area contributed by atoms with Gasteiger partial charge in [0, 0.05) is 6.42 Å².